The van der Waals surface area contributed by atoms with Crippen LogP contribution in [0.15, 0.2) is 12.3 Å². The van der Waals surface area contributed by atoms with E-state index in [1.54, 1.807) is 0 Å². The predicted octanol–water partition coefficient (Wildman–Crippen LogP) is 0.209. The highest BCUT2D eigenvalue weighted by molar-refractivity contribution is 7.85. The Morgan fingerprint density at radius 1 is 1.70 bits per heavy atom. The molecule has 0 unspecified atom stereocenters. The van der Waals surface area contributed by atoms with Gasteiger partial charge in [-0.15, -0.1) is 3.89 Å². The fourth-order valence-corrected chi connectivity index (χ4v) is 1.08. The van der Waals surface area contributed by atoms with Crippen molar-refractivity contribution in [3.63, 3.8) is 0 Å². The van der Waals surface area contributed by atoms with E-state index in [4.69, 9.17) is 0 Å². The number of rotatable bonds is 2. The summed E-state index contributed by atoms with van der Waals surface area (Å²) in [5.41, 5.74) is 0.252. The Balaban J connectivity index is 2.75. The SMILES string of the molecule is O=S(=O)(F)Cc1ccn[nH]1. The summed E-state index contributed by atoms with van der Waals surface area (Å²) >= 11 is 0. The van der Waals surface area contributed by atoms with Crippen LogP contribution in [-0.2, 0) is 16.0 Å². The Kier molecular flexibility index (Phi) is 1.71. The zero-order valence-electron chi connectivity index (χ0n) is 4.91. The van der Waals surface area contributed by atoms with Gasteiger partial charge in [0.15, 0.2) is 0 Å². The first-order valence-corrected chi connectivity index (χ1v) is 4.04. The number of aromatic nitrogens is 2. The van der Waals surface area contributed by atoms with E-state index >= 15 is 0 Å². The summed E-state index contributed by atoms with van der Waals surface area (Å²) in [4.78, 5) is 0. The molecule has 1 rings (SSSR count). The largest absolute Gasteiger partial charge is 0.308 e. The van der Waals surface area contributed by atoms with Gasteiger partial charge in [0, 0.05) is 6.20 Å². The molecule has 10 heavy (non-hydrogen) atoms. The van der Waals surface area contributed by atoms with Gasteiger partial charge in [-0.25, -0.2) is 0 Å². The second-order valence-electron chi connectivity index (χ2n) is 1.77. The normalized spacial score (nSPS) is 11.7. The zero-order chi connectivity index (χ0) is 7.61. The van der Waals surface area contributed by atoms with Crippen LogP contribution < -0.4 is 0 Å². The maximum absolute atomic E-state index is 11.9. The van der Waals surface area contributed by atoms with Crippen LogP contribution in [0.1, 0.15) is 5.69 Å². The van der Waals surface area contributed by atoms with E-state index in [0.29, 0.717) is 0 Å². The van der Waals surface area contributed by atoms with Crippen molar-refractivity contribution < 1.29 is 12.3 Å². The highest BCUT2D eigenvalue weighted by atomic mass is 32.3. The summed E-state index contributed by atoms with van der Waals surface area (Å²) in [6, 6.07) is 1.40. The molecule has 0 amide bonds. The van der Waals surface area contributed by atoms with Crippen molar-refractivity contribution in [2.45, 2.75) is 5.75 Å². The smallest absolute Gasteiger partial charge is 0.281 e. The molecule has 0 spiro atoms. The third kappa shape index (κ3) is 2.14. The first kappa shape index (κ1) is 7.20. The predicted molar refractivity (Wildman–Crippen MR) is 32.3 cm³/mol. The van der Waals surface area contributed by atoms with Gasteiger partial charge in [0.05, 0.1) is 5.69 Å². The molecule has 6 heteroatoms. The number of nitrogens with one attached hydrogen (secondary N) is 1. The van der Waals surface area contributed by atoms with Crippen molar-refractivity contribution >= 4 is 10.2 Å². The molecule has 0 fully saturated rings. The van der Waals surface area contributed by atoms with E-state index in [1.807, 2.05) is 0 Å². The lowest BCUT2D eigenvalue weighted by atomic mass is 10.5. The molecule has 56 valence electrons. The van der Waals surface area contributed by atoms with Gasteiger partial charge < -0.3 is 0 Å². The standard InChI is InChI=1S/C4H5FN2O2S/c5-10(8,9)3-4-1-2-6-7-4/h1-2H,3H2,(H,6,7). The second kappa shape index (κ2) is 2.37. The molecule has 0 atom stereocenters. The molecule has 0 radical (unpaired) electrons. The molecule has 0 aliphatic rings. The second-order valence-corrected chi connectivity index (χ2v) is 3.13. The highest BCUT2D eigenvalue weighted by Gasteiger charge is 2.08. The van der Waals surface area contributed by atoms with Crippen molar-refractivity contribution in [2.24, 2.45) is 0 Å². The van der Waals surface area contributed by atoms with Crippen molar-refractivity contribution in [1.82, 2.24) is 10.2 Å². The first-order chi connectivity index (χ1) is 4.58. The van der Waals surface area contributed by atoms with E-state index in [0.717, 1.165) is 0 Å². The molecule has 0 saturated heterocycles. The van der Waals surface area contributed by atoms with Gasteiger partial charge in [-0.1, -0.05) is 0 Å². The number of aromatic amines is 1. The number of hydrogen-bond donors (Lipinski definition) is 1. The lowest BCUT2D eigenvalue weighted by Crippen LogP contribution is -1.95. The van der Waals surface area contributed by atoms with E-state index in [2.05, 4.69) is 10.2 Å². The number of hydrogen-bond acceptors (Lipinski definition) is 3. The molecule has 1 aromatic heterocycles. The topological polar surface area (TPSA) is 62.8 Å². The Bertz CT molecular complexity index is 291. The van der Waals surface area contributed by atoms with Crippen LogP contribution in [0.25, 0.3) is 0 Å². The van der Waals surface area contributed by atoms with Crippen molar-refractivity contribution in [1.29, 1.82) is 0 Å². The first-order valence-electron chi connectivity index (χ1n) is 2.48. The van der Waals surface area contributed by atoms with E-state index in [9.17, 15) is 12.3 Å². The maximum atomic E-state index is 11.9. The van der Waals surface area contributed by atoms with Gasteiger partial charge in [-0.3, -0.25) is 5.10 Å². The molecular weight excluding hydrogens is 159 g/mol. The average molecular weight is 164 g/mol. The fourth-order valence-electron chi connectivity index (χ4n) is 0.551. The highest BCUT2D eigenvalue weighted by Crippen LogP contribution is 2.01. The molecule has 0 saturated carbocycles. The maximum Gasteiger partial charge on any atom is 0.308 e. The summed E-state index contributed by atoms with van der Waals surface area (Å²) in [5, 5.41) is 5.77. The van der Waals surface area contributed by atoms with Gasteiger partial charge in [0.25, 0.3) is 0 Å². The summed E-state index contributed by atoms with van der Waals surface area (Å²) in [6.07, 6.45) is 1.36. The molecule has 0 aromatic carbocycles. The van der Waals surface area contributed by atoms with Gasteiger partial charge >= 0.3 is 10.2 Å². The van der Waals surface area contributed by atoms with Crippen molar-refractivity contribution in [3.8, 4) is 0 Å². The van der Waals surface area contributed by atoms with Crippen LogP contribution in [0.3, 0.4) is 0 Å². The van der Waals surface area contributed by atoms with E-state index in [-0.39, 0.29) is 5.69 Å². The molecule has 0 bridgehead atoms. The summed E-state index contributed by atoms with van der Waals surface area (Å²) in [6.45, 7) is 0. The van der Waals surface area contributed by atoms with Crippen molar-refractivity contribution in [2.75, 3.05) is 0 Å². The number of halogens is 1. The summed E-state index contributed by atoms with van der Waals surface area (Å²) < 4.78 is 31.8. The molecule has 1 heterocycles. The molecule has 1 N–H and O–H groups in total. The van der Waals surface area contributed by atoms with Crippen LogP contribution in [-0.4, -0.2) is 18.6 Å². The zero-order valence-corrected chi connectivity index (χ0v) is 5.73. The third-order valence-electron chi connectivity index (χ3n) is 0.886. The minimum absolute atomic E-state index is 0.252. The minimum atomic E-state index is -4.42. The molecule has 0 aliphatic heterocycles. The Labute approximate surface area is 57.3 Å². The van der Waals surface area contributed by atoms with Crippen LogP contribution in [0.5, 0.6) is 0 Å². The lowest BCUT2D eigenvalue weighted by molar-refractivity contribution is 0.550. The monoisotopic (exact) mass is 164 g/mol. The lowest BCUT2D eigenvalue weighted by Gasteiger charge is -1.87. The van der Waals surface area contributed by atoms with Crippen LogP contribution in [0.2, 0.25) is 0 Å². The summed E-state index contributed by atoms with van der Waals surface area (Å²) in [7, 11) is -4.42. The van der Waals surface area contributed by atoms with E-state index < -0.39 is 16.0 Å². The summed E-state index contributed by atoms with van der Waals surface area (Å²) in [5.74, 6) is -0.632. The van der Waals surface area contributed by atoms with Crippen LogP contribution >= 0.6 is 0 Å². The van der Waals surface area contributed by atoms with Crippen molar-refractivity contribution in [3.05, 3.63) is 18.0 Å². The molecule has 1 aromatic rings. The Morgan fingerprint density at radius 3 is 2.80 bits per heavy atom. The minimum Gasteiger partial charge on any atom is -0.281 e. The molecule has 0 aliphatic carbocycles. The van der Waals surface area contributed by atoms with Gasteiger partial charge in [0.1, 0.15) is 5.75 Å². The third-order valence-corrected chi connectivity index (χ3v) is 1.54. The quantitative estimate of drug-likeness (QED) is 0.635. The van der Waals surface area contributed by atoms with Gasteiger partial charge in [-0.05, 0) is 6.07 Å². The number of H-pyrrole nitrogens is 1. The van der Waals surface area contributed by atoms with Crippen LogP contribution in [0, 0.1) is 0 Å². The van der Waals surface area contributed by atoms with Crippen LogP contribution in [0.4, 0.5) is 3.89 Å². The Morgan fingerprint density at radius 2 is 2.40 bits per heavy atom. The Hall–Kier alpha value is -0.910. The fraction of sp³-hybridized carbons (Fsp3) is 0.250. The van der Waals surface area contributed by atoms with Gasteiger partial charge in [-0.2, -0.15) is 13.5 Å². The van der Waals surface area contributed by atoms with Gasteiger partial charge in [0.2, 0.25) is 0 Å². The molecule has 4 nitrogen and oxygen atoms in total. The average Bonchev–Trinajstić information content (AvgIpc) is 2.12. The number of nitrogens with zero attached hydrogens (tertiary/aromatic N) is 1. The van der Waals surface area contributed by atoms with E-state index in [1.165, 1.54) is 12.3 Å². The molecular formula is C4H5FN2O2S.